The molecule has 2 amide bonds. The van der Waals surface area contributed by atoms with Gasteiger partial charge in [-0.25, -0.2) is 14.4 Å². The van der Waals surface area contributed by atoms with E-state index in [1.54, 1.807) is 48.6 Å². The molecule has 1 aromatic rings. The molecule has 1 fully saturated rings. The van der Waals surface area contributed by atoms with Gasteiger partial charge in [-0.3, -0.25) is 4.90 Å². The van der Waals surface area contributed by atoms with E-state index >= 15 is 0 Å². The fourth-order valence-corrected chi connectivity index (χ4v) is 3.90. The zero-order valence-corrected chi connectivity index (χ0v) is 22.3. The van der Waals surface area contributed by atoms with Crippen molar-refractivity contribution < 1.29 is 28.6 Å². The standard InChI is InChI=1S/C27H40N2O6/c1-9-10-16-27(22(30)33-19-20-14-12-11-13-15-20)17-21(28(8)23(31)34-25(2,3)4)18-29(27)24(32)35-26(5,6)7/h9-15,21H,16-19H2,1-8H3/t21-,27?/m1/s1. The summed E-state index contributed by atoms with van der Waals surface area (Å²) in [7, 11) is 1.62. The van der Waals surface area contributed by atoms with Crippen LogP contribution in [-0.4, -0.2) is 64.3 Å². The third-order valence-electron chi connectivity index (χ3n) is 5.61. The van der Waals surface area contributed by atoms with Crippen LogP contribution in [0.4, 0.5) is 9.59 Å². The monoisotopic (exact) mass is 488 g/mol. The summed E-state index contributed by atoms with van der Waals surface area (Å²) in [6.45, 7) is 12.7. The number of ether oxygens (including phenoxy) is 3. The normalized spacial score (nSPS) is 20.6. The van der Waals surface area contributed by atoms with Crippen LogP contribution in [-0.2, 0) is 25.6 Å². The van der Waals surface area contributed by atoms with Gasteiger partial charge in [0.25, 0.3) is 0 Å². The van der Waals surface area contributed by atoms with Gasteiger partial charge in [0, 0.05) is 20.0 Å². The van der Waals surface area contributed by atoms with Crippen LogP contribution < -0.4 is 0 Å². The summed E-state index contributed by atoms with van der Waals surface area (Å²) in [5.41, 5.74) is -1.92. The van der Waals surface area contributed by atoms with Gasteiger partial charge in [0.05, 0.1) is 6.04 Å². The number of hydrogen-bond acceptors (Lipinski definition) is 6. The largest absolute Gasteiger partial charge is 0.459 e. The van der Waals surface area contributed by atoms with Crippen LogP contribution in [0.3, 0.4) is 0 Å². The van der Waals surface area contributed by atoms with E-state index in [1.165, 1.54) is 9.80 Å². The number of likely N-dealkylation sites (N-methyl/N-ethyl adjacent to an activating group) is 1. The lowest BCUT2D eigenvalue weighted by Crippen LogP contribution is -2.54. The van der Waals surface area contributed by atoms with Crippen LogP contribution in [0.25, 0.3) is 0 Å². The molecule has 194 valence electrons. The Morgan fingerprint density at radius 2 is 1.66 bits per heavy atom. The molecule has 1 unspecified atom stereocenters. The molecule has 1 saturated heterocycles. The predicted octanol–water partition coefficient (Wildman–Crippen LogP) is 5.31. The van der Waals surface area contributed by atoms with Crippen LogP contribution in [0.1, 0.15) is 66.9 Å². The van der Waals surface area contributed by atoms with Crippen LogP contribution in [0, 0.1) is 0 Å². The molecule has 0 bridgehead atoms. The van der Waals surface area contributed by atoms with Gasteiger partial charge in [-0.2, -0.15) is 0 Å². The highest BCUT2D eigenvalue weighted by Gasteiger charge is 2.56. The van der Waals surface area contributed by atoms with E-state index in [9.17, 15) is 14.4 Å². The molecule has 1 heterocycles. The number of esters is 1. The number of allylic oxidation sites excluding steroid dienone is 1. The van der Waals surface area contributed by atoms with Gasteiger partial charge < -0.3 is 19.1 Å². The maximum atomic E-state index is 13.7. The molecule has 0 aromatic heterocycles. The lowest BCUT2D eigenvalue weighted by molar-refractivity contribution is -0.157. The number of nitrogens with zero attached hydrogens (tertiary/aromatic N) is 2. The smallest absolute Gasteiger partial charge is 0.411 e. The van der Waals surface area contributed by atoms with Gasteiger partial charge in [-0.05, 0) is 60.5 Å². The summed E-state index contributed by atoms with van der Waals surface area (Å²) < 4.78 is 16.9. The highest BCUT2D eigenvalue weighted by Crippen LogP contribution is 2.38. The van der Waals surface area contributed by atoms with E-state index in [1.807, 2.05) is 49.4 Å². The first-order valence-electron chi connectivity index (χ1n) is 12.0. The quantitative estimate of drug-likeness (QED) is 0.306. The minimum atomic E-state index is -1.33. The van der Waals surface area contributed by atoms with E-state index in [0.29, 0.717) is 0 Å². The van der Waals surface area contributed by atoms with Gasteiger partial charge in [0.2, 0.25) is 0 Å². The maximum Gasteiger partial charge on any atom is 0.411 e. The lowest BCUT2D eigenvalue weighted by Gasteiger charge is -2.36. The Hall–Kier alpha value is -3.03. The van der Waals surface area contributed by atoms with Gasteiger partial charge in [-0.1, -0.05) is 42.5 Å². The van der Waals surface area contributed by atoms with Gasteiger partial charge >= 0.3 is 18.2 Å². The second kappa shape index (κ2) is 11.1. The first-order valence-corrected chi connectivity index (χ1v) is 12.0. The van der Waals surface area contributed by atoms with E-state index < -0.39 is 40.9 Å². The van der Waals surface area contributed by atoms with Crippen molar-refractivity contribution in [1.29, 1.82) is 0 Å². The Morgan fingerprint density at radius 3 is 2.20 bits per heavy atom. The molecule has 2 atom stereocenters. The molecule has 35 heavy (non-hydrogen) atoms. The number of carbonyl (C=O) groups excluding carboxylic acids is 3. The molecule has 0 saturated carbocycles. The summed E-state index contributed by atoms with van der Waals surface area (Å²) >= 11 is 0. The van der Waals surface area contributed by atoms with Crippen molar-refractivity contribution in [3.05, 3.63) is 48.0 Å². The molecule has 2 rings (SSSR count). The molecular formula is C27H40N2O6. The molecule has 8 nitrogen and oxygen atoms in total. The SMILES string of the molecule is CC=CCC1(C(=O)OCc2ccccc2)C[C@@H](N(C)C(=O)OC(C)(C)C)CN1C(=O)OC(C)(C)C. The topological polar surface area (TPSA) is 85.4 Å². The average molecular weight is 489 g/mol. The Balaban J connectivity index is 2.40. The van der Waals surface area contributed by atoms with Crippen molar-refractivity contribution in [2.24, 2.45) is 0 Å². The highest BCUT2D eigenvalue weighted by atomic mass is 16.6. The second-order valence-electron chi connectivity index (χ2n) is 10.9. The Bertz CT molecular complexity index is 916. The van der Waals surface area contributed by atoms with E-state index in [4.69, 9.17) is 14.2 Å². The molecule has 1 aliphatic heterocycles. The maximum absolute atomic E-state index is 13.7. The highest BCUT2D eigenvalue weighted by molar-refractivity contribution is 5.87. The second-order valence-corrected chi connectivity index (χ2v) is 10.9. The molecule has 1 aromatic carbocycles. The van der Waals surface area contributed by atoms with Gasteiger partial charge in [0.15, 0.2) is 0 Å². The summed E-state index contributed by atoms with van der Waals surface area (Å²) in [5, 5.41) is 0. The molecular weight excluding hydrogens is 448 g/mol. The number of carbonyl (C=O) groups is 3. The van der Waals surface area contributed by atoms with E-state index in [2.05, 4.69) is 0 Å². The number of likely N-dealkylation sites (tertiary alicyclic amines) is 1. The van der Waals surface area contributed by atoms with Crippen molar-refractivity contribution in [2.45, 2.75) is 90.7 Å². The molecule has 0 N–H and O–H groups in total. The van der Waals surface area contributed by atoms with Gasteiger partial charge in [-0.15, -0.1) is 0 Å². The number of rotatable bonds is 6. The third-order valence-corrected chi connectivity index (χ3v) is 5.61. The minimum absolute atomic E-state index is 0.0754. The van der Waals surface area contributed by atoms with Crippen LogP contribution in [0.2, 0.25) is 0 Å². The fraction of sp³-hybridized carbons (Fsp3) is 0.593. The Kier molecular flexibility index (Phi) is 8.98. The van der Waals surface area contributed by atoms with Crippen molar-refractivity contribution in [3.8, 4) is 0 Å². The Morgan fingerprint density at radius 1 is 1.06 bits per heavy atom. The third kappa shape index (κ3) is 7.73. The molecule has 0 aliphatic carbocycles. The van der Waals surface area contributed by atoms with Crippen molar-refractivity contribution in [1.82, 2.24) is 9.80 Å². The fourth-order valence-electron chi connectivity index (χ4n) is 3.90. The van der Waals surface area contributed by atoms with Crippen LogP contribution in [0.5, 0.6) is 0 Å². The minimum Gasteiger partial charge on any atom is -0.459 e. The number of hydrogen-bond donors (Lipinski definition) is 0. The molecule has 0 radical (unpaired) electrons. The predicted molar refractivity (Wildman–Crippen MR) is 134 cm³/mol. The first-order chi connectivity index (χ1) is 16.2. The van der Waals surface area contributed by atoms with Crippen molar-refractivity contribution in [2.75, 3.05) is 13.6 Å². The zero-order valence-electron chi connectivity index (χ0n) is 22.3. The molecule has 8 heteroatoms. The number of amides is 2. The summed E-state index contributed by atoms with van der Waals surface area (Å²) in [5.74, 6) is -0.537. The summed E-state index contributed by atoms with van der Waals surface area (Å²) in [4.78, 5) is 42.6. The zero-order chi connectivity index (χ0) is 26.4. The van der Waals surface area contributed by atoms with Gasteiger partial charge in [0.1, 0.15) is 23.3 Å². The van der Waals surface area contributed by atoms with Crippen LogP contribution >= 0.6 is 0 Å². The summed E-state index contributed by atoms with van der Waals surface area (Å²) in [6.07, 6.45) is 2.93. The van der Waals surface area contributed by atoms with Crippen molar-refractivity contribution in [3.63, 3.8) is 0 Å². The van der Waals surface area contributed by atoms with E-state index in [0.717, 1.165) is 5.56 Å². The summed E-state index contributed by atoms with van der Waals surface area (Å²) in [6, 6.07) is 8.89. The molecule has 1 aliphatic rings. The van der Waals surface area contributed by atoms with E-state index in [-0.39, 0.29) is 26.0 Å². The van der Waals surface area contributed by atoms with Crippen LogP contribution in [0.15, 0.2) is 42.5 Å². The van der Waals surface area contributed by atoms with Crippen molar-refractivity contribution >= 4 is 18.2 Å². The average Bonchev–Trinajstić information content (AvgIpc) is 3.15. The first kappa shape index (κ1) is 28.2. The Labute approximate surface area is 209 Å². The number of benzene rings is 1. The molecule has 0 spiro atoms. The lowest BCUT2D eigenvalue weighted by atomic mass is 9.90.